The molecule has 1 fully saturated rings. The van der Waals surface area contributed by atoms with Crippen LogP contribution in [0, 0.1) is 5.92 Å². The molecule has 1 heteroatoms. The van der Waals surface area contributed by atoms with E-state index in [4.69, 9.17) is 0 Å². The van der Waals surface area contributed by atoms with Crippen molar-refractivity contribution in [1.82, 2.24) is 0 Å². The van der Waals surface area contributed by atoms with Crippen LogP contribution in [0.25, 0.3) is 0 Å². The summed E-state index contributed by atoms with van der Waals surface area (Å²) in [5.74, 6) is 0.926. The Labute approximate surface area is 136 Å². The maximum atomic E-state index is 2.44. The molecule has 3 rings (SSSR count). The van der Waals surface area contributed by atoms with Gasteiger partial charge in [-0.2, -0.15) is 0 Å². The molecule has 0 amide bonds. The van der Waals surface area contributed by atoms with Gasteiger partial charge < -0.3 is 0 Å². The Morgan fingerprint density at radius 3 is 1.95 bits per heavy atom. The third kappa shape index (κ3) is 3.79. The molecule has 0 unspecified atom stereocenters. The first-order valence-electron chi connectivity index (χ1n) is 8.74. The first kappa shape index (κ1) is 15.8. The highest BCUT2D eigenvalue weighted by Gasteiger charge is 2.40. The smallest absolute Gasteiger partial charge is 0.0625 e. The minimum Gasteiger partial charge on any atom is -0.0625 e. The van der Waals surface area contributed by atoms with E-state index in [1.165, 1.54) is 49.7 Å². The number of benzene rings is 2. The van der Waals surface area contributed by atoms with Crippen molar-refractivity contribution in [2.75, 3.05) is 12.3 Å². The molecule has 1 heterocycles. The lowest BCUT2D eigenvalue weighted by molar-refractivity contribution is 0.476. The van der Waals surface area contributed by atoms with Gasteiger partial charge >= 0.3 is 0 Å². The molecule has 2 aromatic rings. The van der Waals surface area contributed by atoms with Crippen molar-refractivity contribution >= 4 is 12.6 Å². The number of hydrogen-bond acceptors (Lipinski definition) is 0. The molecule has 0 spiro atoms. The third-order valence-electron chi connectivity index (χ3n) is 5.20. The molecular formula is C21H28P+. The highest BCUT2D eigenvalue weighted by molar-refractivity contribution is 7.82. The van der Waals surface area contributed by atoms with Crippen molar-refractivity contribution in [2.45, 2.75) is 38.8 Å². The van der Waals surface area contributed by atoms with E-state index in [0.717, 1.165) is 5.92 Å². The normalized spacial score (nSPS) is 26.1. The largest absolute Gasteiger partial charge is 0.0943 e. The van der Waals surface area contributed by atoms with E-state index < -0.39 is 7.26 Å². The zero-order chi connectivity index (χ0) is 15.3. The van der Waals surface area contributed by atoms with Gasteiger partial charge in [-0.05, 0) is 49.3 Å². The molecule has 0 N–H and O–H groups in total. The lowest BCUT2D eigenvalue weighted by atomic mass is 10.0. The van der Waals surface area contributed by atoms with Gasteiger partial charge in [0.25, 0.3) is 0 Å². The van der Waals surface area contributed by atoms with Gasteiger partial charge in [0, 0.05) is 0 Å². The van der Waals surface area contributed by atoms with E-state index >= 15 is 0 Å². The summed E-state index contributed by atoms with van der Waals surface area (Å²) in [7, 11) is -1.06. The molecule has 0 bridgehead atoms. The lowest BCUT2D eigenvalue weighted by Gasteiger charge is -2.30. The van der Waals surface area contributed by atoms with Crippen LogP contribution in [-0.2, 0) is 6.16 Å². The fraction of sp³-hybridized carbons (Fsp3) is 0.429. The Morgan fingerprint density at radius 2 is 1.36 bits per heavy atom. The fourth-order valence-electron chi connectivity index (χ4n) is 3.93. The second-order valence-electron chi connectivity index (χ2n) is 6.96. The van der Waals surface area contributed by atoms with Crippen molar-refractivity contribution in [3.63, 3.8) is 0 Å². The molecule has 0 aromatic heterocycles. The van der Waals surface area contributed by atoms with Crippen molar-refractivity contribution in [2.24, 2.45) is 5.92 Å². The number of rotatable bonds is 3. The molecular weight excluding hydrogens is 283 g/mol. The van der Waals surface area contributed by atoms with Gasteiger partial charge in [0.15, 0.2) is 0 Å². The quantitative estimate of drug-likeness (QED) is 0.634. The van der Waals surface area contributed by atoms with Gasteiger partial charge in [-0.15, -0.1) is 0 Å². The van der Waals surface area contributed by atoms with Crippen LogP contribution in [0.15, 0.2) is 60.7 Å². The van der Waals surface area contributed by atoms with Gasteiger partial charge in [-0.1, -0.05) is 55.5 Å². The predicted octanol–water partition coefficient (Wildman–Crippen LogP) is 5.74. The average molecular weight is 311 g/mol. The van der Waals surface area contributed by atoms with Crippen LogP contribution < -0.4 is 5.30 Å². The Kier molecular flexibility index (Phi) is 5.32. The lowest BCUT2D eigenvalue weighted by Crippen LogP contribution is -2.22. The van der Waals surface area contributed by atoms with E-state index in [2.05, 4.69) is 67.6 Å². The molecule has 0 atom stereocenters. The van der Waals surface area contributed by atoms with Crippen molar-refractivity contribution < 1.29 is 0 Å². The molecule has 0 aliphatic carbocycles. The Hall–Kier alpha value is -1.13. The topological polar surface area (TPSA) is 0 Å². The summed E-state index contributed by atoms with van der Waals surface area (Å²) in [5.41, 5.74) is 1.54. The second-order valence-corrected chi connectivity index (χ2v) is 11.0. The summed E-state index contributed by atoms with van der Waals surface area (Å²) < 4.78 is 0. The highest BCUT2D eigenvalue weighted by Crippen LogP contribution is 2.62. The average Bonchev–Trinajstić information content (AvgIpc) is 2.54. The molecule has 0 nitrogen and oxygen atoms in total. The zero-order valence-corrected chi connectivity index (χ0v) is 14.6. The van der Waals surface area contributed by atoms with E-state index in [0.29, 0.717) is 0 Å². The van der Waals surface area contributed by atoms with Gasteiger partial charge in [-0.3, -0.25) is 0 Å². The summed E-state index contributed by atoms with van der Waals surface area (Å²) in [6.07, 6.45) is 9.85. The standard InChI is InChI=1S/C21H28P/c1-19-10-8-16-22(17-9-11-19,21-14-6-3-7-15-21)18-20-12-4-2-5-13-20/h2-7,12-15,19H,8-11,16-18H2,1H3/q+1. The molecule has 22 heavy (non-hydrogen) atoms. The van der Waals surface area contributed by atoms with Crippen LogP contribution in [0.1, 0.15) is 38.2 Å². The molecule has 0 saturated carbocycles. The third-order valence-corrected chi connectivity index (χ3v) is 9.91. The van der Waals surface area contributed by atoms with Gasteiger partial charge in [0.05, 0.1) is 31.1 Å². The molecule has 0 radical (unpaired) electrons. The first-order chi connectivity index (χ1) is 10.8. The van der Waals surface area contributed by atoms with Gasteiger partial charge in [0.1, 0.15) is 0 Å². The van der Waals surface area contributed by atoms with Crippen molar-refractivity contribution in [3.05, 3.63) is 66.2 Å². The van der Waals surface area contributed by atoms with E-state index in [1.54, 1.807) is 5.30 Å². The van der Waals surface area contributed by atoms with Crippen LogP contribution in [0.4, 0.5) is 0 Å². The summed E-state index contributed by atoms with van der Waals surface area (Å²) in [4.78, 5) is 0. The minimum atomic E-state index is -1.06. The Morgan fingerprint density at radius 1 is 0.818 bits per heavy atom. The highest BCUT2D eigenvalue weighted by atomic mass is 31.2. The van der Waals surface area contributed by atoms with Gasteiger partial charge in [0.2, 0.25) is 0 Å². The Bertz CT molecular complexity index is 551. The van der Waals surface area contributed by atoms with Crippen LogP contribution in [0.2, 0.25) is 0 Å². The maximum absolute atomic E-state index is 2.44. The molecule has 1 aliphatic rings. The molecule has 1 saturated heterocycles. The van der Waals surface area contributed by atoms with Gasteiger partial charge in [-0.25, -0.2) is 0 Å². The van der Waals surface area contributed by atoms with E-state index in [1.807, 2.05) is 0 Å². The second kappa shape index (κ2) is 7.42. The van der Waals surface area contributed by atoms with Crippen molar-refractivity contribution in [1.29, 1.82) is 0 Å². The van der Waals surface area contributed by atoms with Crippen LogP contribution in [0.5, 0.6) is 0 Å². The zero-order valence-electron chi connectivity index (χ0n) is 13.7. The predicted molar refractivity (Wildman–Crippen MR) is 101 cm³/mol. The maximum Gasteiger partial charge on any atom is 0.0943 e. The van der Waals surface area contributed by atoms with Crippen LogP contribution in [-0.4, -0.2) is 12.3 Å². The fourth-order valence-corrected chi connectivity index (χ4v) is 8.45. The SMILES string of the molecule is CC1CCC[P+](Cc2ccccc2)(c2ccccc2)CCC1. The summed E-state index contributed by atoms with van der Waals surface area (Å²) in [5, 5.41) is 1.66. The first-order valence-corrected chi connectivity index (χ1v) is 11.1. The van der Waals surface area contributed by atoms with Crippen LogP contribution >= 0.6 is 7.26 Å². The van der Waals surface area contributed by atoms with Crippen LogP contribution in [0.3, 0.4) is 0 Å². The molecule has 2 aromatic carbocycles. The van der Waals surface area contributed by atoms with E-state index in [9.17, 15) is 0 Å². The summed E-state index contributed by atoms with van der Waals surface area (Å²) >= 11 is 0. The summed E-state index contributed by atoms with van der Waals surface area (Å²) in [6, 6.07) is 22.6. The summed E-state index contributed by atoms with van der Waals surface area (Å²) in [6.45, 7) is 2.44. The molecule has 116 valence electrons. The van der Waals surface area contributed by atoms with Crippen molar-refractivity contribution in [3.8, 4) is 0 Å². The number of hydrogen-bond donors (Lipinski definition) is 0. The van der Waals surface area contributed by atoms with E-state index in [-0.39, 0.29) is 0 Å². The monoisotopic (exact) mass is 311 g/mol. The Balaban J connectivity index is 1.91. The molecule has 1 aliphatic heterocycles. The minimum absolute atomic E-state index is 0.926.